The first kappa shape index (κ1) is 15.9. The monoisotopic (exact) mass is 316 g/mol. The van der Waals surface area contributed by atoms with Crippen LogP contribution in [-0.2, 0) is 6.42 Å². The molecule has 0 heterocycles. The number of fused-ring (bicyclic) bond motifs is 1. The molecule has 0 unspecified atom stereocenters. The van der Waals surface area contributed by atoms with E-state index in [0.29, 0.717) is 5.56 Å². The van der Waals surface area contributed by atoms with Gasteiger partial charge in [0, 0.05) is 5.56 Å². The van der Waals surface area contributed by atoms with E-state index >= 15 is 0 Å². The summed E-state index contributed by atoms with van der Waals surface area (Å²) in [6.45, 7) is 4.02. The van der Waals surface area contributed by atoms with E-state index in [2.05, 4.69) is 29.6 Å². The second-order valence-corrected chi connectivity index (χ2v) is 5.75. The zero-order chi connectivity index (χ0) is 16.9. The Balaban J connectivity index is 1.74. The van der Waals surface area contributed by atoms with Crippen LogP contribution >= 0.6 is 0 Å². The van der Waals surface area contributed by atoms with E-state index in [1.54, 1.807) is 0 Å². The summed E-state index contributed by atoms with van der Waals surface area (Å²) in [5, 5.41) is 6.38. The molecule has 0 spiro atoms. The molecule has 3 rings (SSSR count). The van der Waals surface area contributed by atoms with Crippen molar-refractivity contribution in [2.45, 2.75) is 20.3 Å². The number of carbonyl (C=O) groups excluding carboxylic acids is 1. The zero-order valence-electron chi connectivity index (χ0n) is 13.9. The van der Waals surface area contributed by atoms with Crippen LogP contribution in [0.5, 0.6) is 0 Å². The molecule has 3 aromatic rings. The number of nitrogens with one attached hydrogen (secondary N) is 1. The lowest BCUT2D eigenvalue weighted by atomic mass is 10.1. The molecule has 120 valence electrons. The highest BCUT2D eigenvalue weighted by atomic mass is 16.2. The predicted molar refractivity (Wildman–Crippen MR) is 99.4 cm³/mol. The number of hydrogen-bond donors (Lipinski definition) is 1. The highest BCUT2D eigenvalue weighted by molar-refractivity contribution is 6.02. The van der Waals surface area contributed by atoms with Crippen molar-refractivity contribution in [3.63, 3.8) is 0 Å². The Bertz CT molecular complexity index is 895. The second-order valence-electron chi connectivity index (χ2n) is 5.75. The molecule has 3 aromatic carbocycles. The summed E-state index contributed by atoms with van der Waals surface area (Å²) in [5.41, 5.74) is 6.32. The minimum atomic E-state index is -0.203. The lowest BCUT2D eigenvalue weighted by Crippen LogP contribution is -2.19. The average Bonchev–Trinajstić information content (AvgIpc) is 2.65. The van der Waals surface area contributed by atoms with Crippen molar-refractivity contribution in [3.05, 3.63) is 83.4 Å². The Hall–Kier alpha value is -2.94. The number of hydrazone groups is 1. The van der Waals surface area contributed by atoms with E-state index in [9.17, 15) is 4.79 Å². The number of carbonyl (C=O) groups is 1. The topological polar surface area (TPSA) is 41.5 Å². The third kappa shape index (κ3) is 3.51. The van der Waals surface area contributed by atoms with Gasteiger partial charge in [0.25, 0.3) is 5.91 Å². The van der Waals surface area contributed by atoms with E-state index in [1.807, 2.05) is 61.5 Å². The van der Waals surface area contributed by atoms with Gasteiger partial charge in [-0.05, 0) is 47.4 Å². The van der Waals surface area contributed by atoms with Gasteiger partial charge in [-0.15, -0.1) is 0 Å². The maximum absolute atomic E-state index is 12.3. The van der Waals surface area contributed by atoms with Gasteiger partial charge >= 0.3 is 0 Å². The van der Waals surface area contributed by atoms with E-state index in [-0.39, 0.29) is 5.91 Å². The zero-order valence-corrected chi connectivity index (χ0v) is 13.9. The molecule has 0 bridgehead atoms. The van der Waals surface area contributed by atoms with Gasteiger partial charge in [-0.2, -0.15) is 5.10 Å². The van der Waals surface area contributed by atoms with Gasteiger partial charge in [0.05, 0.1) is 5.71 Å². The first-order valence-corrected chi connectivity index (χ1v) is 8.10. The maximum Gasteiger partial charge on any atom is 0.271 e. The van der Waals surface area contributed by atoms with Crippen molar-refractivity contribution in [1.82, 2.24) is 5.43 Å². The average molecular weight is 316 g/mol. The molecule has 24 heavy (non-hydrogen) atoms. The molecule has 0 radical (unpaired) electrons. The van der Waals surface area contributed by atoms with Crippen LogP contribution < -0.4 is 5.43 Å². The van der Waals surface area contributed by atoms with E-state index in [1.165, 1.54) is 5.56 Å². The Kier molecular flexibility index (Phi) is 4.71. The SMILES string of the molecule is CCc1ccc(/C(C)=N\NC(=O)c2ccc3ccccc3c2)cc1. The summed E-state index contributed by atoms with van der Waals surface area (Å²) in [6.07, 6.45) is 1.01. The van der Waals surface area contributed by atoms with Crippen molar-refractivity contribution >= 4 is 22.4 Å². The molecule has 0 aromatic heterocycles. The molecule has 0 aliphatic rings. The second kappa shape index (κ2) is 7.09. The Morgan fingerprint density at radius 3 is 2.29 bits per heavy atom. The summed E-state index contributed by atoms with van der Waals surface area (Å²) in [7, 11) is 0. The normalized spacial score (nSPS) is 11.5. The number of aryl methyl sites for hydroxylation is 1. The fraction of sp³-hybridized carbons (Fsp3) is 0.143. The third-order valence-electron chi connectivity index (χ3n) is 4.12. The van der Waals surface area contributed by atoms with Crippen LogP contribution in [0.1, 0.15) is 35.3 Å². The standard InChI is InChI=1S/C21H20N2O/c1-3-16-8-10-17(11-9-16)15(2)22-23-21(24)20-13-12-18-6-4-5-7-19(18)14-20/h4-14H,3H2,1-2H3,(H,23,24)/b22-15-. The third-order valence-corrected chi connectivity index (χ3v) is 4.12. The highest BCUT2D eigenvalue weighted by Crippen LogP contribution is 2.15. The van der Waals surface area contributed by atoms with Crippen LogP contribution in [0.2, 0.25) is 0 Å². The van der Waals surface area contributed by atoms with Crippen molar-refractivity contribution < 1.29 is 4.79 Å². The summed E-state index contributed by atoms with van der Waals surface area (Å²) in [4.78, 5) is 12.3. The maximum atomic E-state index is 12.3. The van der Waals surface area contributed by atoms with Gasteiger partial charge in [-0.3, -0.25) is 4.79 Å². The molecular weight excluding hydrogens is 296 g/mol. The molecule has 0 aliphatic heterocycles. The van der Waals surface area contributed by atoms with Crippen molar-refractivity contribution in [2.75, 3.05) is 0 Å². The molecule has 3 heteroatoms. The van der Waals surface area contributed by atoms with Crippen LogP contribution in [0.4, 0.5) is 0 Å². The van der Waals surface area contributed by atoms with Crippen molar-refractivity contribution in [1.29, 1.82) is 0 Å². The largest absolute Gasteiger partial charge is 0.271 e. The van der Waals surface area contributed by atoms with Gasteiger partial charge in [0.1, 0.15) is 0 Å². The first-order chi connectivity index (χ1) is 11.7. The van der Waals surface area contributed by atoms with Gasteiger partial charge < -0.3 is 0 Å². The molecule has 0 fully saturated rings. The molecule has 0 saturated heterocycles. The molecule has 1 amide bonds. The number of amides is 1. The summed E-state index contributed by atoms with van der Waals surface area (Å²) in [5.74, 6) is -0.203. The van der Waals surface area contributed by atoms with Gasteiger partial charge in [-0.25, -0.2) is 5.43 Å². The van der Waals surface area contributed by atoms with Crippen LogP contribution in [-0.4, -0.2) is 11.6 Å². The van der Waals surface area contributed by atoms with Crippen LogP contribution in [0, 0.1) is 0 Å². The van der Waals surface area contributed by atoms with Gasteiger partial charge in [0.2, 0.25) is 0 Å². The fourth-order valence-corrected chi connectivity index (χ4v) is 2.58. The number of nitrogens with zero attached hydrogens (tertiary/aromatic N) is 1. The summed E-state index contributed by atoms with van der Waals surface area (Å²) in [6, 6.07) is 21.8. The molecular formula is C21H20N2O. The highest BCUT2D eigenvalue weighted by Gasteiger charge is 2.06. The van der Waals surface area contributed by atoms with Gasteiger partial charge in [0.15, 0.2) is 0 Å². The quantitative estimate of drug-likeness (QED) is 0.556. The Morgan fingerprint density at radius 2 is 1.58 bits per heavy atom. The van der Waals surface area contributed by atoms with E-state index < -0.39 is 0 Å². The summed E-state index contributed by atoms with van der Waals surface area (Å²) < 4.78 is 0. The van der Waals surface area contributed by atoms with E-state index in [0.717, 1.165) is 28.5 Å². The predicted octanol–water partition coefficient (Wildman–Crippen LogP) is 4.56. The number of hydrogen-bond acceptors (Lipinski definition) is 2. The number of benzene rings is 3. The van der Waals surface area contributed by atoms with Crippen LogP contribution in [0.15, 0.2) is 71.8 Å². The van der Waals surface area contributed by atoms with Crippen LogP contribution in [0.25, 0.3) is 10.8 Å². The minimum absolute atomic E-state index is 0.203. The van der Waals surface area contributed by atoms with Crippen molar-refractivity contribution in [2.24, 2.45) is 5.10 Å². The Morgan fingerprint density at radius 1 is 0.917 bits per heavy atom. The Labute approximate surface area is 142 Å². The minimum Gasteiger partial charge on any atom is -0.267 e. The lowest BCUT2D eigenvalue weighted by molar-refractivity contribution is 0.0955. The van der Waals surface area contributed by atoms with Crippen LogP contribution in [0.3, 0.4) is 0 Å². The molecule has 3 nitrogen and oxygen atoms in total. The van der Waals surface area contributed by atoms with Gasteiger partial charge in [-0.1, -0.05) is 61.5 Å². The molecule has 0 aliphatic carbocycles. The first-order valence-electron chi connectivity index (χ1n) is 8.10. The van der Waals surface area contributed by atoms with E-state index in [4.69, 9.17) is 0 Å². The smallest absolute Gasteiger partial charge is 0.267 e. The molecule has 1 N–H and O–H groups in total. The fourth-order valence-electron chi connectivity index (χ4n) is 2.58. The summed E-state index contributed by atoms with van der Waals surface area (Å²) >= 11 is 0. The molecule has 0 saturated carbocycles. The number of rotatable bonds is 4. The van der Waals surface area contributed by atoms with Crippen molar-refractivity contribution in [3.8, 4) is 0 Å². The lowest BCUT2D eigenvalue weighted by Gasteiger charge is -2.05. The molecule has 0 atom stereocenters.